The van der Waals surface area contributed by atoms with Crippen LogP contribution in [0.4, 0.5) is 11.4 Å². The number of H-pyrrole nitrogens is 1. The predicted octanol–water partition coefficient (Wildman–Crippen LogP) is 2.91. The summed E-state index contributed by atoms with van der Waals surface area (Å²) in [6.07, 6.45) is 1.45. The number of ether oxygens (including phenoxy) is 1. The zero-order chi connectivity index (χ0) is 22.8. The smallest absolute Gasteiger partial charge is 0.326 e. The van der Waals surface area contributed by atoms with Crippen molar-refractivity contribution in [1.82, 2.24) is 14.5 Å². The third-order valence-corrected chi connectivity index (χ3v) is 6.07. The first-order chi connectivity index (χ1) is 15.4. The van der Waals surface area contributed by atoms with E-state index in [1.807, 2.05) is 29.2 Å². The Morgan fingerprint density at radius 2 is 1.97 bits per heavy atom. The number of nitro benzene ring substituents is 1. The number of methoxy groups -OCH3 is 1. The number of rotatable bonds is 6. The standard InChI is InChI=1S/C22H25N5O5/c1-14(21(28)23-18-8-7-16(32-2)13-20(18)27(30)31)25-11-9-15(10-12-25)26-19-6-4-3-5-17(19)24-22(26)29/h3-8,13-15H,9-12H2,1-2H3,(H,23,28)(H,24,29). The summed E-state index contributed by atoms with van der Waals surface area (Å²) in [6.45, 7) is 3.05. The van der Waals surface area contributed by atoms with Crippen LogP contribution in [0.5, 0.6) is 5.75 Å². The largest absolute Gasteiger partial charge is 0.496 e. The summed E-state index contributed by atoms with van der Waals surface area (Å²) in [5, 5.41) is 14.0. The van der Waals surface area contributed by atoms with Gasteiger partial charge in [0.1, 0.15) is 11.4 Å². The number of aromatic nitrogens is 2. The van der Waals surface area contributed by atoms with Crippen LogP contribution >= 0.6 is 0 Å². The van der Waals surface area contributed by atoms with Crippen molar-refractivity contribution in [3.05, 3.63) is 63.1 Å². The molecule has 2 aromatic carbocycles. The Morgan fingerprint density at radius 1 is 1.25 bits per heavy atom. The van der Waals surface area contributed by atoms with Crippen LogP contribution in [0.15, 0.2) is 47.3 Å². The van der Waals surface area contributed by atoms with Gasteiger partial charge in [0.2, 0.25) is 5.91 Å². The molecule has 3 aromatic rings. The van der Waals surface area contributed by atoms with Crippen LogP contribution < -0.4 is 15.7 Å². The van der Waals surface area contributed by atoms with E-state index in [1.54, 1.807) is 17.6 Å². The monoisotopic (exact) mass is 439 g/mol. The molecule has 0 radical (unpaired) electrons. The van der Waals surface area contributed by atoms with Crippen molar-refractivity contribution in [1.29, 1.82) is 0 Å². The first-order valence-electron chi connectivity index (χ1n) is 10.5. The van der Waals surface area contributed by atoms with Gasteiger partial charge in [-0.3, -0.25) is 24.4 Å². The molecule has 2 N–H and O–H groups in total. The van der Waals surface area contributed by atoms with E-state index >= 15 is 0 Å². The quantitative estimate of drug-likeness (QED) is 0.450. The summed E-state index contributed by atoms with van der Waals surface area (Å²) < 4.78 is 6.84. The van der Waals surface area contributed by atoms with Gasteiger partial charge >= 0.3 is 5.69 Å². The van der Waals surface area contributed by atoms with E-state index in [2.05, 4.69) is 10.3 Å². The summed E-state index contributed by atoms with van der Waals surface area (Å²) >= 11 is 0. The van der Waals surface area contributed by atoms with Gasteiger partial charge in [-0.25, -0.2) is 4.79 Å². The van der Waals surface area contributed by atoms with Crippen molar-refractivity contribution in [3.63, 3.8) is 0 Å². The fraction of sp³-hybridized carbons (Fsp3) is 0.364. The topological polar surface area (TPSA) is 122 Å². The van der Waals surface area contributed by atoms with Gasteiger partial charge in [0.05, 0.1) is 35.2 Å². The Labute approximate surface area is 183 Å². The molecule has 1 atom stereocenters. The normalized spacial score (nSPS) is 16.1. The lowest BCUT2D eigenvalue weighted by Crippen LogP contribution is -2.47. The Kier molecular flexibility index (Phi) is 5.95. The molecular formula is C22H25N5O5. The molecule has 0 bridgehead atoms. The summed E-state index contributed by atoms with van der Waals surface area (Å²) in [6, 6.07) is 11.5. The summed E-state index contributed by atoms with van der Waals surface area (Å²) in [7, 11) is 1.42. The number of hydrogen-bond acceptors (Lipinski definition) is 6. The maximum Gasteiger partial charge on any atom is 0.326 e. The van der Waals surface area contributed by atoms with Crippen LogP contribution in [-0.2, 0) is 4.79 Å². The fourth-order valence-corrected chi connectivity index (χ4v) is 4.27. The molecule has 0 aliphatic carbocycles. The zero-order valence-electron chi connectivity index (χ0n) is 17.9. The number of piperidine rings is 1. The maximum atomic E-state index is 12.8. The molecule has 1 saturated heterocycles. The molecule has 1 fully saturated rings. The molecule has 2 heterocycles. The molecule has 1 aliphatic heterocycles. The first kappa shape index (κ1) is 21.6. The van der Waals surface area contributed by atoms with Gasteiger partial charge in [0, 0.05) is 19.1 Å². The second-order valence-corrected chi connectivity index (χ2v) is 7.89. The molecule has 1 aliphatic rings. The fourth-order valence-electron chi connectivity index (χ4n) is 4.27. The third-order valence-electron chi connectivity index (χ3n) is 6.07. The van der Waals surface area contributed by atoms with Gasteiger partial charge in [-0.1, -0.05) is 12.1 Å². The van der Waals surface area contributed by atoms with Crippen LogP contribution in [0, 0.1) is 10.1 Å². The number of anilines is 1. The number of likely N-dealkylation sites (tertiary alicyclic amines) is 1. The Hall–Kier alpha value is -3.66. The molecular weight excluding hydrogens is 414 g/mol. The van der Waals surface area contributed by atoms with Crippen molar-refractivity contribution < 1.29 is 14.5 Å². The van der Waals surface area contributed by atoms with E-state index in [9.17, 15) is 19.7 Å². The van der Waals surface area contributed by atoms with Gasteiger partial charge in [0.25, 0.3) is 5.69 Å². The average molecular weight is 439 g/mol. The molecule has 168 valence electrons. The second kappa shape index (κ2) is 8.83. The lowest BCUT2D eigenvalue weighted by atomic mass is 10.0. The lowest BCUT2D eigenvalue weighted by molar-refractivity contribution is -0.384. The number of para-hydroxylation sites is 2. The molecule has 1 amide bonds. The lowest BCUT2D eigenvalue weighted by Gasteiger charge is -2.35. The van der Waals surface area contributed by atoms with Gasteiger partial charge in [-0.15, -0.1) is 0 Å². The number of aromatic amines is 1. The van der Waals surface area contributed by atoms with Gasteiger partial charge < -0.3 is 15.0 Å². The van der Waals surface area contributed by atoms with E-state index in [4.69, 9.17) is 4.74 Å². The Bertz CT molecular complexity index is 1210. The second-order valence-electron chi connectivity index (χ2n) is 7.89. The minimum absolute atomic E-state index is 0.0489. The molecule has 1 aromatic heterocycles. The van der Waals surface area contributed by atoms with Crippen molar-refractivity contribution in [2.45, 2.75) is 31.8 Å². The van der Waals surface area contributed by atoms with Crippen LogP contribution in [0.25, 0.3) is 11.0 Å². The third kappa shape index (κ3) is 4.09. The maximum absolute atomic E-state index is 12.8. The van der Waals surface area contributed by atoms with Crippen molar-refractivity contribution in [2.24, 2.45) is 0 Å². The number of benzene rings is 2. The van der Waals surface area contributed by atoms with Crippen molar-refractivity contribution in [3.8, 4) is 5.75 Å². The number of carbonyl (C=O) groups is 1. The molecule has 32 heavy (non-hydrogen) atoms. The minimum atomic E-state index is -0.548. The van der Waals surface area contributed by atoms with Gasteiger partial charge in [-0.2, -0.15) is 0 Å². The van der Waals surface area contributed by atoms with Crippen LogP contribution in [0.2, 0.25) is 0 Å². The number of nitro groups is 1. The molecule has 0 spiro atoms. The first-order valence-corrected chi connectivity index (χ1v) is 10.5. The summed E-state index contributed by atoms with van der Waals surface area (Å²) in [4.78, 5) is 41.0. The highest BCUT2D eigenvalue weighted by Crippen LogP contribution is 2.30. The number of imidazole rings is 1. The highest BCUT2D eigenvalue weighted by Gasteiger charge is 2.29. The van der Waals surface area contributed by atoms with E-state index in [1.165, 1.54) is 19.2 Å². The molecule has 0 saturated carbocycles. The van der Waals surface area contributed by atoms with E-state index in [0.717, 1.165) is 23.9 Å². The van der Waals surface area contributed by atoms with Crippen LogP contribution in [0.3, 0.4) is 0 Å². The number of carbonyl (C=O) groups excluding carboxylic acids is 1. The number of hydrogen-bond donors (Lipinski definition) is 2. The molecule has 4 rings (SSSR count). The van der Waals surface area contributed by atoms with Crippen molar-refractivity contribution in [2.75, 3.05) is 25.5 Å². The molecule has 10 heteroatoms. The number of nitrogens with zero attached hydrogens (tertiary/aromatic N) is 3. The van der Waals surface area contributed by atoms with Crippen LogP contribution in [0.1, 0.15) is 25.8 Å². The molecule has 1 unspecified atom stereocenters. The van der Waals surface area contributed by atoms with E-state index < -0.39 is 11.0 Å². The highest BCUT2D eigenvalue weighted by atomic mass is 16.6. The summed E-state index contributed by atoms with van der Waals surface area (Å²) in [5.74, 6) is 0.0262. The van der Waals surface area contributed by atoms with Crippen molar-refractivity contribution >= 4 is 28.3 Å². The van der Waals surface area contributed by atoms with E-state index in [-0.39, 0.29) is 29.0 Å². The highest BCUT2D eigenvalue weighted by molar-refractivity contribution is 5.96. The van der Waals surface area contributed by atoms with Gasteiger partial charge in [0.15, 0.2) is 0 Å². The predicted molar refractivity (Wildman–Crippen MR) is 120 cm³/mol. The van der Waals surface area contributed by atoms with Crippen LogP contribution in [-0.4, -0.2) is 51.5 Å². The zero-order valence-corrected chi connectivity index (χ0v) is 17.9. The number of fused-ring (bicyclic) bond motifs is 1. The summed E-state index contributed by atoms with van der Waals surface area (Å²) in [5.41, 5.74) is 1.49. The minimum Gasteiger partial charge on any atom is -0.496 e. The molecule has 10 nitrogen and oxygen atoms in total. The number of nitrogens with one attached hydrogen (secondary N) is 2. The Morgan fingerprint density at radius 3 is 2.66 bits per heavy atom. The Balaban J connectivity index is 1.43. The number of amides is 1. The SMILES string of the molecule is COc1ccc(NC(=O)C(C)N2CCC(n3c(=O)[nH]c4ccccc43)CC2)c([N+](=O)[O-])c1. The van der Waals surface area contributed by atoms with E-state index in [0.29, 0.717) is 18.8 Å². The average Bonchev–Trinajstić information content (AvgIpc) is 3.14. The van der Waals surface area contributed by atoms with Gasteiger partial charge in [-0.05, 0) is 44.0 Å².